The number of amides is 2. The average Bonchev–Trinajstić information content (AvgIpc) is 2.68. The van der Waals surface area contributed by atoms with Crippen molar-refractivity contribution in [1.29, 1.82) is 0 Å². The Morgan fingerprint density at radius 1 is 1.11 bits per heavy atom. The molecule has 2 rings (SSSR count). The number of ether oxygens (including phenoxy) is 1. The predicted octanol–water partition coefficient (Wildman–Crippen LogP) is 3.40. The summed E-state index contributed by atoms with van der Waals surface area (Å²) in [6.45, 7) is 2.68. The number of benzene rings is 2. The molecule has 0 heterocycles. The summed E-state index contributed by atoms with van der Waals surface area (Å²) in [5.41, 5.74) is 6.17. The van der Waals surface area contributed by atoms with Crippen LogP contribution in [0.15, 0.2) is 48.5 Å². The highest BCUT2D eigenvalue weighted by Crippen LogP contribution is 2.14. The lowest BCUT2D eigenvalue weighted by Gasteiger charge is -2.11. The molecule has 0 radical (unpaired) electrons. The fourth-order valence-corrected chi connectivity index (χ4v) is 2.50. The molecule has 2 aromatic rings. The van der Waals surface area contributed by atoms with Gasteiger partial charge >= 0.3 is 0 Å². The zero-order valence-corrected chi connectivity index (χ0v) is 17.0. The van der Waals surface area contributed by atoms with Gasteiger partial charge in [0, 0.05) is 10.6 Å². The standard InChI is InChI=1S/C20H22ClN3O3S/c1-2-3-11-27-17-6-4-5-15(13-17)19(26)22-20(28)24-23-18(25)12-14-7-9-16(21)10-8-14/h4-10,13H,2-3,11-12H2,1H3,(H,23,25)(H2,22,24,26,28). The molecule has 0 aliphatic rings. The second-order valence-electron chi connectivity index (χ2n) is 5.99. The predicted molar refractivity (Wildman–Crippen MR) is 113 cm³/mol. The molecular weight excluding hydrogens is 398 g/mol. The molecule has 0 fully saturated rings. The molecule has 0 spiro atoms. The molecule has 28 heavy (non-hydrogen) atoms. The Morgan fingerprint density at radius 3 is 2.57 bits per heavy atom. The molecule has 6 nitrogen and oxygen atoms in total. The highest BCUT2D eigenvalue weighted by Gasteiger charge is 2.10. The van der Waals surface area contributed by atoms with Crippen molar-refractivity contribution in [2.24, 2.45) is 0 Å². The molecule has 0 atom stereocenters. The van der Waals surface area contributed by atoms with E-state index in [9.17, 15) is 9.59 Å². The monoisotopic (exact) mass is 419 g/mol. The number of thiocarbonyl (C=S) groups is 1. The Balaban J connectivity index is 1.78. The maximum Gasteiger partial charge on any atom is 0.257 e. The molecule has 0 unspecified atom stereocenters. The van der Waals surface area contributed by atoms with Crippen LogP contribution in [0, 0.1) is 0 Å². The molecule has 0 aromatic heterocycles. The van der Waals surface area contributed by atoms with Crippen molar-refractivity contribution in [2.75, 3.05) is 6.61 Å². The fourth-order valence-electron chi connectivity index (χ4n) is 2.23. The number of nitrogens with one attached hydrogen (secondary N) is 3. The van der Waals surface area contributed by atoms with Crippen molar-refractivity contribution in [3.63, 3.8) is 0 Å². The van der Waals surface area contributed by atoms with Gasteiger partial charge in [-0.25, -0.2) is 0 Å². The van der Waals surface area contributed by atoms with Crippen molar-refractivity contribution >= 4 is 40.7 Å². The minimum Gasteiger partial charge on any atom is -0.494 e. The van der Waals surface area contributed by atoms with E-state index in [2.05, 4.69) is 23.1 Å². The third kappa shape index (κ3) is 7.54. The number of carbonyl (C=O) groups is 2. The fraction of sp³-hybridized carbons (Fsp3) is 0.250. The van der Waals surface area contributed by atoms with Gasteiger partial charge in [0.25, 0.3) is 5.91 Å². The third-order valence-electron chi connectivity index (χ3n) is 3.68. The number of carbonyl (C=O) groups excluding carboxylic acids is 2. The van der Waals surface area contributed by atoms with Gasteiger partial charge in [-0.05, 0) is 54.5 Å². The van der Waals surface area contributed by atoms with Crippen LogP contribution in [-0.4, -0.2) is 23.5 Å². The Kier molecular flexibility index (Phi) is 8.71. The summed E-state index contributed by atoms with van der Waals surface area (Å²) in [6.07, 6.45) is 2.13. The first-order valence-corrected chi connectivity index (χ1v) is 9.64. The first-order valence-electron chi connectivity index (χ1n) is 8.85. The summed E-state index contributed by atoms with van der Waals surface area (Å²) in [5, 5.41) is 3.11. The Labute approximate surface area is 174 Å². The molecule has 3 N–H and O–H groups in total. The zero-order chi connectivity index (χ0) is 20.4. The summed E-state index contributed by atoms with van der Waals surface area (Å²) in [6, 6.07) is 13.8. The van der Waals surface area contributed by atoms with Crippen LogP contribution in [0.2, 0.25) is 5.02 Å². The summed E-state index contributed by atoms with van der Waals surface area (Å²) in [7, 11) is 0. The van der Waals surface area contributed by atoms with Crippen molar-refractivity contribution in [3.8, 4) is 5.75 Å². The lowest BCUT2D eigenvalue weighted by atomic mass is 10.1. The van der Waals surface area contributed by atoms with E-state index in [4.69, 9.17) is 28.6 Å². The van der Waals surface area contributed by atoms with Gasteiger partial charge in [-0.2, -0.15) is 0 Å². The highest BCUT2D eigenvalue weighted by atomic mass is 35.5. The molecule has 0 saturated carbocycles. The van der Waals surface area contributed by atoms with Gasteiger partial charge in [-0.3, -0.25) is 25.8 Å². The van der Waals surface area contributed by atoms with E-state index in [1.54, 1.807) is 48.5 Å². The van der Waals surface area contributed by atoms with Crippen LogP contribution in [0.5, 0.6) is 5.75 Å². The Hall–Kier alpha value is -2.64. The van der Waals surface area contributed by atoms with Crippen molar-refractivity contribution in [3.05, 3.63) is 64.7 Å². The van der Waals surface area contributed by atoms with Gasteiger partial charge in [0.05, 0.1) is 13.0 Å². The smallest absolute Gasteiger partial charge is 0.257 e. The van der Waals surface area contributed by atoms with Crippen molar-refractivity contribution < 1.29 is 14.3 Å². The average molecular weight is 420 g/mol. The van der Waals surface area contributed by atoms with E-state index in [0.29, 0.717) is 22.9 Å². The van der Waals surface area contributed by atoms with Gasteiger partial charge in [-0.15, -0.1) is 0 Å². The van der Waals surface area contributed by atoms with Crippen LogP contribution in [0.4, 0.5) is 0 Å². The molecule has 148 valence electrons. The second kappa shape index (κ2) is 11.3. The second-order valence-corrected chi connectivity index (χ2v) is 6.83. The number of hydrogen-bond donors (Lipinski definition) is 3. The number of halogens is 1. The van der Waals surface area contributed by atoms with E-state index >= 15 is 0 Å². The highest BCUT2D eigenvalue weighted by molar-refractivity contribution is 7.80. The molecule has 0 saturated heterocycles. The van der Waals surface area contributed by atoms with Gasteiger partial charge in [0.1, 0.15) is 5.75 Å². The number of rotatable bonds is 7. The molecule has 0 aliphatic heterocycles. The van der Waals surface area contributed by atoms with Crippen LogP contribution in [0.25, 0.3) is 0 Å². The van der Waals surface area contributed by atoms with Gasteiger partial charge in [-0.1, -0.05) is 43.1 Å². The molecule has 0 bridgehead atoms. The van der Waals surface area contributed by atoms with E-state index in [1.165, 1.54) is 0 Å². The Bertz CT molecular complexity index is 828. The first-order chi connectivity index (χ1) is 13.5. The number of unbranched alkanes of at least 4 members (excludes halogenated alkanes) is 1. The molecule has 2 aromatic carbocycles. The molecular formula is C20H22ClN3O3S. The van der Waals surface area contributed by atoms with E-state index in [1.807, 2.05) is 0 Å². The summed E-state index contributed by atoms with van der Waals surface area (Å²) in [5.74, 6) is -0.0770. The molecule has 8 heteroatoms. The maximum absolute atomic E-state index is 12.3. The molecule has 2 amide bonds. The van der Waals surface area contributed by atoms with Crippen LogP contribution in [0.3, 0.4) is 0 Å². The normalized spacial score (nSPS) is 10.1. The van der Waals surface area contributed by atoms with E-state index in [-0.39, 0.29) is 17.4 Å². The largest absolute Gasteiger partial charge is 0.494 e. The third-order valence-corrected chi connectivity index (χ3v) is 4.14. The Morgan fingerprint density at radius 2 is 1.86 bits per heavy atom. The van der Waals surface area contributed by atoms with Crippen molar-refractivity contribution in [2.45, 2.75) is 26.2 Å². The van der Waals surface area contributed by atoms with Gasteiger partial charge in [0.15, 0.2) is 5.11 Å². The quantitative estimate of drug-likeness (QED) is 0.364. The summed E-state index contributed by atoms with van der Waals surface area (Å²) >= 11 is 10.9. The van der Waals surface area contributed by atoms with Gasteiger partial charge in [0.2, 0.25) is 5.91 Å². The van der Waals surface area contributed by atoms with Gasteiger partial charge < -0.3 is 4.74 Å². The van der Waals surface area contributed by atoms with Crippen LogP contribution in [0.1, 0.15) is 35.7 Å². The van der Waals surface area contributed by atoms with E-state index in [0.717, 1.165) is 18.4 Å². The topological polar surface area (TPSA) is 79.5 Å². The molecule has 0 aliphatic carbocycles. The van der Waals surface area contributed by atoms with Crippen LogP contribution < -0.4 is 20.9 Å². The minimum atomic E-state index is -0.398. The lowest BCUT2D eigenvalue weighted by molar-refractivity contribution is -0.121. The van der Waals surface area contributed by atoms with Crippen LogP contribution in [-0.2, 0) is 11.2 Å². The van der Waals surface area contributed by atoms with Crippen LogP contribution >= 0.6 is 23.8 Å². The number of hydrazine groups is 1. The maximum atomic E-state index is 12.3. The first kappa shape index (κ1) is 21.7. The van der Waals surface area contributed by atoms with Crippen molar-refractivity contribution in [1.82, 2.24) is 16.2 Å². The zero-order valence-electron chi connectivity index (χ0n) is 15.5. The summed E-state index contributed by atoms with van der Waals surface area (Å²) < 4.78 is 5.59. The lowest BCUT2D eigenvalue weighted by Crippen LogP contribution is -2.48. The number of hydrogen-bond acceptors (Lipinski definition) is 4. The summed E-state index contributed by atoms with van der Waals surface area (Å²) in [4.78, 5) is 24.2. The minimum absolute atomic E-state index is 0.00763. The van der Waals surface area contributed by atoms with E-state index < -0.39 is 5.91 Å². The SMILES string of the molecule is CCCCOc1cccc(C(=O)NC(=S)NNC(=O)Cc2ccc(Cl)cc2)c1.